The van der Waals surface area contributed by atoms with Gasteiger partial charge in [-0.3, -0.25) is 4.90 Å². The summed E-state index contributed by atoms with van der Waals surface area (Å²) in [7, 11) is 1.72. The van der Waals surface area contributed by atoms with E-state index in [1.54, 1.807) is 7.11 Å². The molecule has 0 amide bonds. The smallest absolute Gasteiger partial charge is 0.119 e. The first-order chi connectivity index (χ1) is 10.1. The third-order valence-electron chi connectivity index (χ3n) is 5.45. The first kappa shape index (κ1) is 14.9. The van der Waals surface area contributed by atoms with Crippen LogP contribution in [0, 0.1) is 5.92 Å². The van der Waals surface area contributed by atoms with Gasteiger partial charge in [-0.1, -0.05) is 13.0 Å². The number of hydrogen-bond donors (Lipinski definition) is 1. The Bertz CT molecular complexity index is 502. The zero-order valence-electron chi connectivity index (χ0n) is 13.5. The highest BCUT2D eigenvalue weighted by molar-refractivity contribution is 5.40. The van der Waals surface area contributed by atoms with Crippen LogP contribution in [-0.4, -0.2) is 30.6 Å². The van der Waals surface area contributed by atoms with Gasteiger partial charge in [-0.2, -0.15) is 0 Å². The monoisotopic (exact) mass is 288 g/mol. The maximum absolute atomic E-state index is 6.64. The third-order valence-corrected chi connectivity index (χ3v) is 5.45. The van der Waals surface area contributed by atoms with Gasteiger partial charge in [0.15, 0.2) is 0 Å². The molecule has 4 unspecified atom stereocenters. The Morgan fingerprint density at radius 2 is 2.05 bits per heavy atom. The van der Waals surface area contributed by atoms with Crippen molar-refractivity contribution in [3.05, 3.63) is 29.3 Å². The van der Waals surface area contributed by atoms with Crippen LogP contribution in [0.5, 0.6) is 5.75 Å². The van der Waals surface area contributed by atoms with Crippen molar-refractivity contribution in [3.8, 4) is 5.75 Å². The largest absolute Gasteiger partial charge is 0.497 e. The maximum Gasteiger partial charge on any atom is 0.119 e. The lowest BCUT2D eigenvalue weighted by molar-refractivity contribution is 0.0605. The molecule has 1 saturated heterocycles. The van der Waals surface area contributed by atoms with Crippen LogP contribution in [0.2, 0.25) is 0 Å². The van der Waals surface area contributed by atoms with Gasteiger partial charge in [0.1, 0.15) is 5.75 Å². The SMILES string of the molecule is COc1ccc2c(c1)C(N)C(N1CCC(C)CC1C)CC2. The molecule has 3 rings (SSSR count). The van der Waals surface area contributed by atoms with Crippen LogP contribution >= 0.6 is 0 Å². The Balaban J connectivity index is 1.82. The second-order valence-corrected chi connectivity index (χ2v) is 6.91. The number of nitrogens with zero attached hydrogens (tertiary/aromatic N) is 1. The zero-order valence-corrected chi connectivity index (χ0v) is 13.5. The number of hydrogen-bond acceptors (Lipinski definition) is 3. The number of nitrogens with two attached hydrogens (primary N) is 1. The van der Waals surface area contributed by atoms with E-state index in [4.69, 9.17) is 10.5 Å². The minimum Gasteiger partial charge on any atom is -0.497 e. The standard InChI is InChI=1S/C18H28N2O/c1-12-8-9-20(13(2)10-12)17-7-5-14-4-6-15(21-3)11-16(14)18(17)19/h4,6,11-13,17-18H,5,7-10,19H2,1-3H3. The number of benzene rings is 1. The second kappa shape index (κ2) is 5.98. The highest BCUT2D eigenvalue weighted by atomic mass is 16.5. The minimum atomic E-state index is 0.111. The Morgan fingerprint density at radius 1 is 1.24 bits per heavy atom. The van der Waals surface area contributed by atoms with E-state index in [0.29, 0.717) is 12.1 Å². The van der Waals surface area contributed by atoms with Gasteiger partial charge >= 0.3 is 0 Å². The van der Waals surface area contributed by atoms with E-state index >= 15 is 0 Å². The van der Waals surface area contributed by atoms with Gasteiger partial charge in [-0.05, 0) is 68.3 Å². The molecule has 0 aromatic heterocycles. The fraction of sp³-hybridized carbons (Fsp3) is 0.667. The maximum atomic E-state index is 6.64. The average molecular weight is 288 g/mol. The molecule has 1 aliphatic carbocycles. The van der Waals surface area contributed by atoms with Crippen LogP contribution in [-0.2, 0) is 6.42 Å². The molecule has 2 N–H and O–H groups in total. The number of ether oxygens (including phenoxy) is 1. The average Bonchev–Trinajstić information content (AvgIpc) is 2.48. The predicted octanol–water partition coefficient (Wildman–Crippen LogP) is 3.13. The molecular weight excluding hydrogens is 260 g/mol. The van der Waals surface area contributed by atoms with Crippen molar-refractivity contribution in [3.63, 3.8) is 0 Å². The van der Waals surface area contributed by atoms with Crippen LogP contribution in [0.15, 0.2) is 18.2 Å². The third kappa shape index (κ3) is 2.82. The van der Waals surface area contributed by atoms with Crippen LogP contribution < -0.4 is 10.5 Å². The highest BCUT2D eigenvalue weighted by Crippen LogP contribution is 2.36. The fourth-order valence-electron chi connectivity index (χ4n) is 4.22. The molecular formula is C18H28N2O. The second-order valence-electron chi connectivity index (χ2n) is 6.91. The Labute approximate surface area is 128 Å². The van der Waals surface area contributed by atoms with E-state index in [-0.39, 0.29) is 6.04 Å². The van der Waals surface area contributed by atoms with Crippen LogP contribution in [0.4, 0.5) is 0 Å². The molecule has 1 fully saturated rings. The van der Waals surface area contributed by atoms with Crippen molar-refractivity contribution in [2.24, 2.45) is 11.7 Å². The molecule has 1 aromatic carbocycles. The first-order valence-corrected chi connectivity index (χ1v) is 8.28. The molecule has 2 aliphatic rings. The molecule has 21 heavy (non-hydrogen) atoms. The number of likely N-dealkylation sites (tertiary alicyclic amines) is 1. The zero-order chi connectivity index (χ0) is 15.0. The molecule has 0 saturated carbocycles. The summed E-state index contributed by atoms with van der Waals surface area (Å²) in [4.78, 5) is 2.66. The molecule has 1 aliphatic heterocycles. The van der Waals surface area contributed by atoms with Gasteiger partial charge in [0, 0.05) is 18.1 Å². The van der Waals surface area contributed by atoms with Crippen LogP contribution in [0.25, 0.3) is 0 Å². The molecule has 0 spiro atoms. The lowest BCUT2D eigenvalue weighted by Crippen LogP contribution is -2.52. The molecule has 3 nitrogen and oxygen atoms in total. The van der Waals surface area contributed by atoms with Gasteiger partial charge in [0.2, 0.25) is 0 Å². The molecule has 4 atom stereocenters. The highest BCUT2D eigenvalue weighted by Gasteiger charge is 2.35. The van der Waals surface area contributed by atoms with E-state index in [0.717, 1.165) is 18.1 Å². The molecule has 1 aromatic rings. The van der Waals surface area contributed by atoms with Crippen molar-refractivity contribution in [1.29, 1.82) is 0 Å². The summed E-state index contributed by atoms with van der Waals surface area (Å²) in [6.07, 6.45) is 4.92. The normalized spacial score (nSPS) is 33.5. The van der Waals surface area contributed by atoms with E-state index in [9.17, 15) is 0 Å². The number of rotatable bonds is 2. The Kier molecular flexibility index (Phi) is 4.23. The number of fused-ring (bicyclic) bond motifs is 1. The summed E-state index contributed by atoms with van der Waals surface area (Å²) >= 11 is 0. The van der Waals surface area contributed by atoms with Crippen LogP contribution in [0.3, 0.4) is 0 Å². The summed E-state index contributed by atoms with van der Waals surface area (Å²) < 4.78 is 5.38. The van der Waals surface area contributed by atoms with E-state index in [2.05, 4.69) is 36.9 Å². The van der Waals surface area contributed by atoms with Crippen molar-refractivity contribution in [1.82, 2.24) is 4.90 Å². The van der Waals surface area contributed by atoms with Gasteiger partial charge in [-0.15, -0.1) is 0 Å². The number of piperidine rings is 1. The summed E-state index contributed by atoms with van der Waals surface area (Å²) in [5, 5.41) is 0. The summed E-state index contributed by atoms with van der Waals surface area (Å²) in [5.41, 5.74) is 9.33. The predicted molar refractivity (Wildman–Crippen MR) is 86.6 cm³/mol. The van der Waals surface area contributed by atoms with Crippen molar-refractivity contribution >= 4 is 0 Å². The molecule has 1 heterocycles. The van der Waals surface area contributed by atoms with E-state index in [1.165, 1.54) is 36.9 Å². The molecule has 0 bridgehead atoms. The molecule has 0 radical (unpaired) electrons. The quantitative estimate of drug-likeness (QED) is 0.908. The van der Waals surface area contributed by atoms with Gasteiger partial charge in [0.05, 0.1) is 7.11 Å². The van der Waals surface area contributed by atoms with Gasteiger partial charge < -0.3 is 10.5 Å². The summed E-state index contributed by atoms with van der Waals surface area (Å²) in [6, 6.07) is 7.62. The number of aryl methyl sites for hydroxylation is 1. The van der Waals surface area contributed by atoms with Gasteiger partial charge in [-0.25, -0.2) is 0 Å². The first-order valence-electron chi connectivity index (χ1n) is 8.28. The Morgan fingerprint density at radius 3 is 2.76 bits per heavy atom. The summed E-state index contributed by atoms with van der Waals surface area (Å²) in [6.45, 7) is 5.93. The van der Waals surface area contributed by atoms with Crippen LogP contribution in [0.1, 0.15) is 50.3 Å². The molecule has 3 heteroatoms. The lowest BCUT2D eigenvalue weighted by Gasteiger charge is -2.46. The topological polar surface area (TPSA) is 38.5 Å². The minimum absolute atomic E-state index is 0.111. The van der Waals surface area contributed by atoms with Gasteiger partial charge in [0.25, 0.3) is 0 Å². The lowest BCUT2D eigenvalue weighted by atomic mass is 9.81. The van der Waals surface area contributed by atoms with Crippen molar-refractivity contribution in [2.45, 2.75) is 57.7 Å². The van der Waals surface area contributed by atoms with Crippen molar-refractivity contribution in [2.75, 3.05) is 13.7 Å². The van der Waals surface area contributed by atoms with Crippen molar-refractivity contribution < 1.29 is 4.74 Å². The fourth-order valence-corrected chi connectivity index (χ4v) is 4.22. The summed E-state index contributed by atoms with van der Waals surface area (Å²) in [5.74, 6) is 1.77. The number of methoxy groups -OCH3 is 1. The van der Waals surface area contributed by atoms with E-state index < -0.39 is 0 Å². The van der Waals surface area contributed by atoms with E-state index in [1.807, 2.05) is 0 Å². The Hall–Kier alpha value is -1.06. The molecule has 116 valence electrons.